The molecule has 2 atom stereocenters. The molecule has 0 radical (unpaired) electrons. The van der Waals surface area contributed by atoms with Crippen molar-refractivity contribution in [3.63, 3.8) is 0 Å². The molecule has 1 aliphatic rings. The van der Waals surface area contributed by atoms with Crippen molar-refractivity contribution in [2.24, 2.45) is 11.7 Å². The van der Waals surface area contributed by atoms with E-state index in [1.165, 1.54) is 0 Å². The molecule has 0 aromatic carbocycles. The molecule has 4 heteroatoms. The van der Waals surface area contributed by atoms with Gasteiger partial charge in [0.25, 0.3) is 0 Å². The first kappa shape index (κ1) is 9.99. The molecule has 0 aliphatic carbocycles. The minimum Gasteiger partial charge on any atom is -0.328 e. The lowest BCUT2D eigenvalue weighted by Crippen LogP contribution is -2.16. The van der Waals surface area contributed by atoms with E-state index < -0.39 is 9.84 Å². The highest BCUT2D eigenvalue weighted by Gasteiger charge is 2.27. The summed E-state index contributed by atoms with van der Waals surface area (Å²) in [5, 5.41) is 0. The first-order valence-corrected chi connectivity index (χ1v) is 6.28. The Morgan fingerprint density at radius 2 is 2.25 bits per heavy atom. The standard InChI is InChI=1S/C8H17NO2S/c1-7(9)2-3-8-4-5-12(10,11)6-8/h7-8H,2-6,9H2,1H3/t7-,8?/m0/s1. The van der Waals surface area contributed by atoms with Gasteiger partial charge in [-0.1, -0.05) is 0 Å². The number of hydrogen-bond donors (Lipinski definition) is 1. The van der Waals surface area contributed by atoms with Crippen LogP contribution >= 0.6 is 0 Å². The lowest BCUT2D eigenvalue weighted by Gasteiger charge is -2.08. The van der Waals surface area contributed by atoms with Crippen LogP contribution in [0.1, 0.15) is 26.2 Å². The smallest absolute Gasteiger partial charge is 0.150 e. The summed E-state index contributed by atoms with van der Waals surface area (Å²) >= 11 is 0. The summed E-state index contributed by atoms with van der Waals surface area (Å²) in [5.41, 5.74) is 5.59. The molecule has 1 saturated heterocycles. The van der Waals surface area contributed by atoms with Gasteiger partial charge in [0, 0.05) is 6.04 Å². The Hall–Kier alpha value is -0.0900. The van der Waals surface area contributed by atoms with Crippen molar-refractivity contribution in [1.82, 2.24) is 0 Å². The maximum atomic E-state index is 11.1. The second-order valence-corrected chi connectivity index (χ2v) is 6.05. The normalized spacial score (nSPS) is 30.3. The molecule has 12 heavy (non-hydrogen) atoms. The number of hydrogen-bond acceptors (Lipinski definition) is 3. The summed E-state index contributed by atoms with van der Waals surface area (Å²) in [6.45, 7) is 1.96. The van der Waals surface area contributed by atoms with Crippen LogP contribution in [0.4, 0.5) is 0 Å². The van der Waals surface area contributed by atoms with E-state index in [0.717, 1.165) is 19.3 Å². The molecule has 1 rings (SSSR count). The molecule has 1 unspecified atom stereocenters. The van der Waals surface area contributed by atoms with Crippen LogP contribution in [0.2, 0.25) is 0 Å². The van der Waals surface area contributed by atoms with E-state index in [2.05, 4.69) is 0 Å². The molecule has 0 spiro atoms. The predicted octanol–water partition coefficient (Wildman–Crippen LogP) is 0.548. The van der Waals surface area contributed by atoms with Gasteiger partial charge in [0.2, 0.25) is 0 Å². The summed E-state index contributed by atoms with van der Waals surface area (Å²) < 4.78 is 22.1. The fraction of sp³-hybridized carbons (Fsp3) is 1.00. The zero-order valence-electron chi connectivity index (χ0n) is 7.49. The van der Waals surface area contributed by atoms with Crippen LogP contribution in [0.15, 0.2) is 0 Å². The fourth-order valence-corrected chi connectivity index (χ4v) is 3.51. The number of sulfone groups is 1. The van der Waals surface area contributed by atoms with E-state index in [4.69, 9.17) is 5.73 Å². The third-order valence-electron chi connectivity index (χ3n) is 2.36. The van der Waals surface area contributed by atoms with Crippen LogP contribution in [0.25, 0.3) is 0 Å². The van der Waals surface area contributed by atoms with E-state index in [9.17, 15) is 8.42 Å². The maximum Gasteiger partial charge on any atom is 0.150 e. The molecule has 1 fully saturated rings. The summed E-state index contributed by atoms with van der Waals surface area (Å²) in [4.78, 5) is 0. The van der Waals surface area contributed by atoms with Gasteiger partial charge >= 0.3 is 0 Å². The van der Waals surface area contributed by atoms with Crippen LogP contribution in [-0.2, 0) is 9.84 Å². The average Bonchev–Trinajstić information content (AvgIpc) is 2.26. The SMILES string of the molecule is C[C@H](N)CCC1CCS(=O)(=O)C1. The molecule has 1 aliphatic heterocycles. The molecule has 0 bridgehead atoms. The quantitative estimate of drug-likeness (QED) is 0.708. The van der Waals surface area contributed by atoms with Crippen molar-refractivity contribution in [3.05, 3.63) is 0 Å². The van der Waals surface area contributed by atoms with Gasteiger partial charge in [0.05, 0.1) is 11.5 Å². The fourth-order valence-electron chi connectivity index (χ4n) is 1.60. The zero-order chi connectivity index (χ0) is 9.19. The molecule has 1 heterocycles. The van der Waals surface area contributed by atoms with Gasteiger partial charge in [-0.25, -0.2) is 8.42 Å². The lowest BCUT2D eigenvalue weighted by molar-refractivity contribution is 0.488. The Labute approximate surface area is 74.3 Å². The van der Waals surface area contributed by atoms with Gasteiger partial charge < -0.3 is 5.73 Å². The minimum atomic E-state index is -2.68. The highest BCUT2D eigenvalue weighted by molar-refractivity contribution is 7.91. The van der Waals surface area contributed by atoms with Crippen LogP contribution < -0.4 is 5.73 Å². The molecule has 0 aromatic rings. The third-order valence-corrected chi connectivity index (χ3v) is 4.19. The molecule has 3 nitrogen and oxygen atoms in total. The topological polar surface area (TPSA) is 60.2 Å². The Kier molecular flexibility index (Phi) is 3.12. The van der Waals surface area contributed by atoms with E-state index in [0.29, 0.717) is 17.4 Å². The van der Waals surface area contributed by atoms with Gasteiger partial charge in [0.15, 0.2) is 9.84 Å². The largest absolute Gasteiger partial charge is 0.328 e. The minimum absolute atomic E-state index is 0.202. The second-order valence-electron chi connectivity index (χ2n) is 3.82. The monoisotopic (exact) mass is 191 g/mol. The Bertz CT molecular complexity index is 233. The van der Waals surface area contributed by atoms with E-state index in [1.807, 2.05) is 6.92 Å². The summed E-state index contributed by atoms with van der Waals surface area (Å²) in [5.74, 6) is 1.15. The highest BCUT2D eigenvalue weighted by Crippen LogP contribution is 2.22. The molecule has 72 valence electrons. The summed E-state index contributed by atoms with van der Waals surface area (Å²) in [7, 11) is -2.68. The Balaban J connectivity index is 2.29. The third kappa shape index (κ3) is 3.11. The first-order chi connectivity index (χ1) is 5.49. The van der Waals surface area contributed by atoms with Crippen molar-refractivity contribution in [2.45, 2.75) is 32.2 Å². The predicted molar refractivity (Wildman–Crippen MR) is 49.6 cm³/mol. The van der Waals surface area contributed by atoms with E-state index >= 15 is 0 Å². The molecular formula is C8H17NO2S. The molecular weight excluding hydrogens is 174 g/mol. The van der Waals surface area contributed by atoms with Crippen LogP contribution in [-0.4, -0.2) is 26.0 Å². The number of nitrogens with two attached hydrogens (primary N) is 1. The van der Waals surface area contributed by atoms with Crippen molar-refractivity contribution in [2.75, 3.05) is 11.5 Å². The summed E-state index contributed by atoms with van der Waals surface area (Å²) in [6.07, 6.45) is 2.76. The Morgan fingerprint density at radius 3 is 2.67 bits per heavy atom. The molecule has 0 aromatic heterocycles. The van der Waals surface area contributed by atoms with Gasteiger partial charge in [-0.2, -0.15) is 0 Å². The van der Waals surface area contributed by atoms with Crippen molar-refractivity contribution >= 4 is 9.84 Å². The van der Waals surface area contributed by atoms with Gasteiger partial charge in [-0.05, 0) is 32.1 Å². The molecule has 0 amide bonds. The van der Waals surface area contributed by atoms with Crippen molar-refractivity contribution in [1.29, 1.82) is 0 Å². The van der Waals surface area contributed by atoms with Crippen LogP contribution in [0, 0.1) is 5.92 Å². The molecule has 2 N–H and O–H groups in total. The van der Waals surface area contributed by atoms with Gasteiger partial charge in [-0.3, -0.25) is 0 Å². The summed E-state index contributed by atoms with van der Waals surface area (Å²) in [6, 6.07) is 0.202. The Morgan fingerprint density at radius 1 is 1.58 bits per heavy atom. The lowest BCUT2D eigenvalue weighted by atomic mass is 10.0. The second kappa shape index (κ2) is 3.75. The van der Waals surface area contributed by atoms with E-state index in [-0.39, 0.29) is 6.04 Å². The van der Waals surface area contributed by atoms with E-state index in [1.54, 1.807) is 0 Å². The molecule has 0 saturated carbocycles. The van der Waals surface area contributed by atoms with Gasteiger partial charge in [-0.15, -0.1) is 0 Å². The maximum absolute atomic E-state index is 11.1. The average molecular weight is 191 g/mol. The van der Waals surface area contributed by atoms with Crippen molar-refractivity contribution < 1.29 is 8.42 Å². The van der Waals surface area contributed by atoms with Crippen LogP contribution in [0.5, 0.6) is 0 Å². The van der Waals surface area contributed by atoms with Crippen molar-refractivity contribution in [3.8, 4) is 0 Å². The highest BCUT2D eigenvalue weighted by atomic mass is 32.2. The number of rotatable bonds is 3. The zero-order valence-corrected chi connectivity index (χ0v) is 8.31. The first-order valence-electron chi connectivity index (χ1n) is 4.45. The van der Waals surface area contributed by atoms with Crippen LogP contribution in [0.3, 0.4) is 0 Å². The van der Waals surface area contributed by atoms with Gasteiger partial charge in [0.1, 0.15) is 0 Å².